The summed E-state index contributed by atoms with van der Waals surface area (Å²) in [6.07, 6.45) is 0. The van der Waals surface area contributed by atoms with E-state index >= 15 is 0 Å². The van der Waals surface area contributed by atoms with Gasteiger partial charge in [-0.3, -0.25) is 0 Å². The quantitative estimate of drug-likeness (QED) is 0.689. The molecule has 0 amide bonds. The highest BCUT2D eigenvalue weighted by atomic mass is 35.5. The summed E-state index contributed by atoms with van der Waals surface area (Å²) in [6, 6.07) is 4.36. The highest BCUT2D eigenvalue weighted by Gasteiger charge is 2.10. The van der Waals surface area contributed by atoms with Gasteiger partial charge in [0.25, 0.3) is 0 Å². The summed E-state index contributed by atoms with van der Waals surface area (Å²) in [6.45, 7) is -0.596. The van der Waals surface area contributed by atoms with E-state index in [0.29, 0.717) is 5.56 Å². The largest absolute Gasteiger partial charge is 0.465 e. The first-order valence-electron chi connectivity index (χ1n) is 3.61. The molecule has 0 bridgehead atoms. The van der Waals surface area contributed by atoms with Crippen LogP contribution in [0.25, 0.3) is 0 Å². The van der Waals surface area contributed by atoms with Crippen LogP contribution in [-0.4, -0.2) is 13.1 Å². The summed E-state index contributed by atoms with van der Waals surface area (Å²) in [5.41, 5.74) is 0.694. The van der Waals surface area contributed by atoms with Gasteiger partial charge in [0, 0.05) is 0 Å². The second-order valence-corrected chi connectivity index (χ2v) is 2.85. The second kappa shape index (κ2) is 4.23. The van der Waals surface area contributed by atoms with Gasteiger partial charge < -0.3 is 4.74 Å². The SMILES string of the molecule is COC(=O)c1ccc(CF)cc1Cl. The van der Waals surface area contributed by atoms with Gasteiger partial charge in [-0.1, -0.05) is 17.7 Å². The van der Waals surface area contributed by atoms with E-state index < -0.39 is 12.6 Å². The molecule has 0 aromatic heterocycles. The Bertz CT molecular complexity index is 325. The predicted molar refractivity (Wildman–Crippen MR) is 47.6 cm³/mol. The molecule has 4 heteroatoms. The van der Waals surface area contributed by atoms with Gasteiger partial charge in [0.1, 0.15) is 6.67 Å². The lowest BCUT2D eigenvalue weighted by atomic mass is 10.1. The molecule has 0 saturated carbocycles. The molecule has 1 aromatic rings. The van der Waals surface area contributed by atoms with E-state index in [-0.39, 0.29) is 10.6 Å². The summed E-state index contributed by atoms with van der Waals surface area (Å²) in [4.78, 5) is 11.0. The van der Waals surface area contributed by atoms with Crippen LogP contribution in [0.2, 0.25) is 5.02 Å². The average Bonchev–Trinajstić information content (AvgIpc) is 2.16. The normalized spacial score (nSPS) is 9.77. The van der Waals surface area contributed by atoms with Crippen molar-refractivity contribution in [2.24, 2.45) is 0 Å². The van der Waals surface area contributed by atoms with E-state index in [4.69, 9.17) is 11.6 Å². The number of methoxy groups -OCH3 is 1. The Morgan fingerprint density at radius 1 is 1.62 bits per heavy atom. The molecule has 1 aromatic carbocycles. The Morgan fingerprint density at radius 3 is 2.77 bits per heavy atom. The van der Waals surface area contributed by atoms with Crippen LogP contribution < -0.4 is 0 Å². The van der Waals surface area contributed by atoms with E-state index in [0.717, 1.165) is 0 Å². The van der Waals surface area contributed by atoms with Crippen LogP contribution in [0, 0.1) is 0 Å². The maximum Gasteiger partial charge on any atom is 0.339 e. The zero-order valence-electron chi connectivity index (χ0n) is 7.01. The molecule has 0 spiro atoms. The summed E-state index contributed by atoms with van der Waals surface area (Å²) in [7, 11) is 1.27. The number of alkyl halides is 1. The number of esters is 1. The molecule has 0 aliphatic rings. The van der Waals surface area contributed by atoms with Crippen molar-refractivity contribution in [1.82, 2.24) is 0 Å². The number of hydrogen-bond donors (Lipinski definition) is 0. The Kier molecular flexibility index (Phi) is 3.25. The first kappa shape index (κ1) is 9.99. The first-order valence-corrected chi connectivity index (χ1v) is 3.99. The van der Waals surface area contributed by atoms with Crippen molar-refractivity contribution in [3.8, 4) is 0 Å². The number of rotatable bonds is 2. The highest BCUT2D eigenvalue weighted by molar-refractivity contribution is 6.33. The molecule has 0 N–H and O–H groups in total. The van der Waals surface area contributed by atoms with Crippen molar-refractivity contribution in [1.29, 1.82) is 0 Å². The maximum atomic E-state index is 12.1. The van der Waals surface area contributed by atoms with Crippen molar-refractivity contribution in [3.63, 3.8) is 0 Å². The van der Waals surface area contributed by atoms with Crippen molar-refractivity contribution in [2.75, 3.05) is 7.11 Å². The topological polar surface area (TPSA) is 26.3 Å². The van der Waals surface area contributed by atoms with Gasteiger partial charge in [-0.05, 0) is 17.7 Å². The van der Waals surface area contributed by atoms with Crippen LogP contribution >= 0.6 is 11.6 Å². The number of carbonyl (C=O) groups excluding carboxylic acids is 1. The summed E-state index contributed by atoms with van der Waals surface area (Å²) in [5, 5.41) is 0.210. The molecule has 0 saturated heterocycles. The molecule has 0 unspecified atom stereocenters. The van der Waals surface area contributed by atoms with Gasteiger partial charge in [-0.2, -0.15) is 0 Å². The molecule has 0 fully saturated rings. The van der Waals surface area contributed by atoms with Crippen LogP contribution in [0.5, 0.6) is 0 Å². The third kappa shape index (κ3) is 2.18. The van der Waals surface area contributed by atoms with Crippen LogP contribution in [-0.2, 0) is 11.4 Å². The minimum Gasteiger partial charge on any atom is -0.465 e. The van der Waals surface area contributed by atoms with Crippen molar-refractivity contribution < 1.29 is 13.9 Å². The van der Waals surface area contributed by atoms with Crippen molar-refractivity contribution >= 4 is 17.6 Å². The molecule has 2 nitrogen and oxygen atoms in total. The van der Waals surface area contributed by atoms with Crippen LogP contribution in [0.1, 0.15) is 15.9 Å². The van der Waals surface area contributed by atoms with E-state index in [2.05, 4.69) is 4.74 Å². The third-order valence-corrected chi connectivity index (χ3v) is 1.91. The maximum absolute atomic E-state index is 12.1. The molecule has 0 aliphatic carbocycles. The Balaban J connectivity index is 3.05. The number of halogens is 2. The molecular formula is C9H8ClFO2. The van der Waals surface area contributed by atoms with Gasteiger partial charge in [-0.15, -0.1) is 0 Å². The second-order valence-electron chi connectivity index (χ2n) is 2.44. The summed E-state index contributed by atoms with van der Waals surface area (Å²) < 4.78 is 16.6. The smallest absolute Gasteiger partial charge is 0.339 e. The third-order valence-electron chi connectivity index (χ3n) is 1.59. The number of carbonyl (C=O) groups is 1. The van der Waals surface area contributed by atoms with Crippen LogP contribution in [0.15, 0.2) is 18.2 Å². The fourth-order valence-electron chi connectivity index (χ4n) is 0.917. The molecule has 0 radical (unpaired) electrons. The minimum absolute atomic E-state index is 0.210. The van der Waals surface area contributed by atoms with Gasteiger partial charge in [0.2, 0.25) is 0 Å². The Hall–Kier alpha value is -1.09. The Morgan fingerprint density at radius 2 is 2.31 bits per heavy atom. The summed E-state index contributed by atoms with van der Waals surface area (Å²) >= 11 is 5.71. The van der Waals surface area contributed by atoms with E-state index in [1.165, 1.54) is 25.3 Å². The predicted octanol–water partition coefficient (Wildman–Crippen LogP) is 2.60. The minimum atomic E-state index is -0.596. The number of hydrogen-bond acceptors (Lipinski definition) is 2. The van der Waals surface area contributed by atoms with E-state index in [1.807, 2.05) is 0 Å². The molecule has 0 atom stereocenters. The first-order chi connectivity index (χ1) is 6.19. The fourth-order valence-corrected chi connectivity index (χ4v) is 1.20. The molecule has 0 heterocycles. The molecule has 70 valence electrons. The van der Waals surface area contributed by atoms with Crippen molar-refractivity contribution in [2.45, 2.75) is 6.67 Å². The lowest BCUT2D eigenvalue weighted by Gasteiger charge is -2.02. The van der Waals surface area contributed by atoms with Crippen LogP contribution in [0.3, 0.4) is 0 Å². The standard InChI is InChI=1S/C9H8ClFO2/c1-13-9(12)7-3-2-6(5-11)4-8(7)10/h2-4H,5H2,1H3. The van der Waals surface area contributed by atoms with Gasteiger partial charge in [0.15, 0.2) is 0 Å². The average molecular weight is 203 g/mol. The Labute approximate surface area is 80.3 Å². The summed E-state index contributed by atoms with van der Waals surface area (Å²) in [5.74, 6) is -0.518. The number of ether oxygens (including phenoxy) is 1. The monoisotopic (exact) mass is 202 g/mol. The lowest BCUT2D eigenvalue weighted by Crippen LogP contribution is -2.02. The molecule has 13 heavy (non-hydrogen) atoms. The van der Waals surface area contributed by atoms with Crippen molar-refractivity contribution in [3.05, 3.63) is 34.3 Å². The molecule has 0 aliphatic heterocycles. The number of benzene rings is 1. The zero-order chi connectivity index (χ0) is 9.84. The lowest BCUT2D eigenvalue weighted by molar-refractivity contribution is 0.0601. The zero-order valence-corrected chi connectivity index (χ0v) is 7.77. The van der Waals surface area contributed by atoms with E-state index in [1.54, 1.807) is 0 Å². The fraction of sp³-hybridized carbons (Fsp3) is 0.222. The van der Waals surface area contributed by atoms with E-state index in [9.17, 15) is 9.18 Å². The highest BCUT2D eigenvalue weighted by Crippen LogP contribution is 2.19. The molecule has 1 rings (SSSR count). The molecular weight excluding hydrogens is 195 g/mol. The van der Waals surface area contributed by atoms with Gasteiger partial charge in [0.05, 0.1) is 17.7 Å². The van der Waals surface area contributed by atoms with Crippen LogP contribution in [0.4, 0.5) is 4.39 Å². The van der Waals surface area contributed by atoms with Gasteiger partial charge in [-0.25, -0.2) is 9.18 Å². The van der Waals surface area contributed by atoms with Gasteiger partial charge >= 0.3 is 5.97 Å².